The first-order chi connectivity index (χ1) is 11.3. The number of thiophene rings is 1. The third-order valence-corrected chi connectivity index (χ3v) is 12.9. The molecule has 1 N–H and O–H groups in total. The van der Waals surface area contributed by atoms with E-state index in [4.69, 9.17) is 0 Å². The Balaban J connectivity index is 2.69. The van der Waals surface area contributed by atoms with E-state index in [1.165, 1.54) is 39.9 Å². The second-order valence-corrected chi connectivity index (χ2v) is 16.1. The normalized spacial score (nSPS) is 14.9. The molecule has 0 saturated heterocycles. The van der Waals surface area contributed by atoms with E-state index in [0.717, 1.165) is 4.88 Å². The molecular weight excluding hydrogens is 374 g/mol. The highest BCUT2D eigenvalue weighted by Crippen LogP contribution is 2.36. The molecule has 0 radical (unpaired) electrons. The van der Waals surface area contributed by atoms with Crippen molar-refractivity contribution in [1.82, 2.24) is 13.3 Å². The van der Waals surface area contributed by atoms with Crippen LogP contribution >= 0.6 is 11.3 Å². The second-order valence-electron chi connectivity index (χ2n) is 7.87. The average Bonchev–Trinajstić information content (AvgIpc) is 3.15. The van der Waals surface area contributed by atoms with Gasteiger partial charge >= 0.3 is 10.2 Å². The molecule has 0 amide bonds. The van der Waals surface area contributed by atoms with Gasteiger partial charge in [-0.05, 0) is 16.5 Å². The molecule has 2 aromatic heterocycles. The smallest absolute Gasteiger partial charge is 0.308 e. The van der Waals surface area contributed by atoms with Crippen molar-refractivity contribution in [2.24, 2.45) is 0 Å². The van der Waals surface area contributed by atoms with Crippen LogP contribution in [0.4, 0.5) is 0 Å². The molecule has 0 fully saturated rings. The first kappa shape index (κ1) is 20.3. The summed E-state index contributed by atoms with van der Waals surface area (Å²) in [6.45, 7) is 10.5. The molecular formula is C16H27N3O3S2Si. The van der Waals surface area contributed by atoms with Crippen molar-refractivity contribution in [3.8, 4) is 0 Å². The van der Waals surface area contributed by atoms with E-state index in [-0.39, 0.29) is 5.04 Å². The van der Waals surface area contributed by atoms with Gasteiger partial charge in [-0.15, -0.1) is 11.3 Å². The summed E-state index contributed by atoms with van der Waals surface area (Å²) >= 11 is 1.42. The third kappa shape index (κ3) is 3.61. The Morgan fingerprint density at radius 2 is 1.92 bits per heavy atom. The van der Waals surface area contributed by atoms with Crippen LogP contribution in [-0.2, 0) is 10.2 Å². The first-order valence-corrected chi connectivity index (χ1v) is 13.3. The highest BCUT2D eigenvalue weighted by molar-refractivity contribution is 7.87. The lowest BCUT2D eigenvalue weighted by atomic mass is 10.2. The second kappa shape index (κ2) is 6.62. The standard InChI is InChI=1S/C16H27N3O3S2Si/c1-16(2,3)25(6,7)15-17-12(14(20)13-9-8-10-23-13)11-19(15)24(21,22)18(4)5/h8-11,14,20H,1-7H3. The lowest BCUT2D eigenvalue weighted by Gasteiger charge is -2.36. The van der Waals surface area contributed by atoms with Gasteiger partial charge in [-0.3, -0.25) is 0 Å². The number of hydrogen-bond donors (Lipinski definition) is 1. The lowest BCUT2D eigenvalue weighted by Crippen LogP contribution is -2.56. The van der Waals surface area contributed by atoms with E-state index >= 15 is 0 Å². The molecule has 0 spiro atoms. The van der Waals surface area contributed by atoms with E-state index in [0.29, 0.717) is 11.1 Å². The minimum atomic E-state index is -3.72. The molecule has 6 nitrogen and oxygen atoms in total. The summed E-state index contributed by atoms with van der Waals surface area (Å²) in [4.78, 5) is 5.37. The van der Waals surface area contributed by atoms with Gasteiger partial charge in [0, 0.05) is 25.2 Å². The fourth-order valence-corrected chi connectivity index (χ4v) is 6.51. The predicted molar refractivity (Wildman–Crippen MR) is 105 cm³/mol. The molecule has 2 aromatic rings. The summed E-state index contributed by atoms with van der Waals surface area (Å²) in [7, 11) is -2.97. The molecule has 1 atom stereocenters. The Labute approximate surface area is 155 Å². The number of hydrogen-bond acceptors (Lipinski definition) is 5. The van der Waals surface area contributed by atoms with Crippen LogP contribution in [0.15, 0.2) is 23.7 Å². The van der Waals surface area contributed by atoms with E-state index in [2.05, 4.69) is 38.8 Å². The van der Waals surface area contributed by atoms with Gasteiger partial charge in [-0.25, -0.2) is 8.96 Å². The topological polar surface area (TPSA) is 75.4 Å². The molecule has 1 unspecified atom stereocenters. The highest BCUT2D eigenvalue weighted by atomic mass is 32.2. The van der Waals surface area contributed by atoms with Gasteiger partial charge in [-0.1, -0.05) is 39.9 Å². The monoisotopic (exact) mass is 401 g/mol. The molecule has 0 aromatic carbocycles. The van der Waals surface area contributed by atoms with Gasteiger partial charge in [0.1, 0.15) is 19.6 Å². The molecule has 2 heterocycles. The lowest BCUT2D eigenvalue weighted by molar-refractivity contribution is 0.220. The van der Waals surface area contributed by atoms with Gasteiger partial charge in [0.05, 0.1) is 5.69 Å². The van der Waals surface area contributed by atoms with E-state index in [1.807, 2.05) is 17.5 Å². The molecule has 2 rings (SSSR count). The van der Waals surface area contributed by atoms with Crippen LogP contribution in [0.5, 0.6) is 0 Å². The van der Waals surface area contributed by atoms with Crippen molar-refractivity contribution in [2.45, 2.75) is 45.0 Å². The third-order valence-electron chi connectivity index (χ3n) is 4.93. The van der Waals surface area contributed by atoms with Crippen LogP contribution in [0.1, 0.15) is 37.4 Å². The van der Waals surface area contributed by atoms with E-state index in [9.17, 15) is 13.5 Å². The van der Waals surface area contributed by atoms with Gasteiger partial charge in [0.15, 0.2) is 0 Å². The van der Waals surface area contributed by atoms with Crippen LogP contribution in [-0.4, -0.2) is 49.0 Å². The number of rotatable bonds is 5. The van der Waals surface area contributed by atoms with Gasteiger partial charge < -0.3 is 5.11 Å². The maximum Gasteiger partial charge on any atom is 0.308 e. The maximum atomic E-state index is 12.8. The Hall–Kier alpha value is -1.00. The van der Waals surface area contributed by atoms with E-state index in [1.54, 1.807) is 0 Å². The fourth-order valence-electron chi connectivity index (χ4n) is 2.21. The van der Waals surface area contributed by atoms with Crippen molar-refractivity contribution in [3.63, 3.8) is 0 Å². The van der Waals surface area contributed by atoms with Gasteiger partial charge in [0.2, 0.25) is 0 Å². The number of aliphatic hydroxyl groups is 1. The van der Waals surface area contributed by atoms with Crippen molar-refractivity contribution in [2.75, 3.05) is 14.1 Å². The molecule has 9 heteroatoms. The largest absolute Gasteiger partial charge is 0.381 e. The molecule has 0 aliphatic carbocycles. The Bertz CT molecular complexity index is 835. The maximum absolute atomic E-state index is 12.8. The minimum Gasteiger partial charge on any atom is -0.381 e. The van der Waals surface area contributed by atoms with Crippen LogP contribution < -0.4 is 5.45 Å². The first-order valence-electron chi connectivity index (χ1n) is 8.04. The average molecular weight is 402 g/mol. The Morgan fingerprint density at radius 1 is 1.32 bits per heavy atom. The molecule has 0 aliphatic heterocycles. The fraction of sp³-hybridized carbons (Fsp3) is 0.562. The van der Waals surface area contributed by atoms with Crippen molar-refractivity contribution in [3.05, 3.63) is 34.3 Å². The summed E-state index contributed by atoms with van der Waals surface area (Å²) in [6, 6.07) is 3.67. The Kier molecular flexibility index (Phi) is 5.38. The number of imidazole rings is 1. The van der Waals surface area contributed by atoms with Crippen molar-refractivity contribution >= 4 is 35.1 Å². The zero-order chi connectivity index (χ0) is 19.2. The van der Waals surface area contributed by atoms with Crippen molar-refractivity contribution < 1.29 is 13.5 Å². The minimum absolute atomic E-state index is 0.0942. The number of nitrogens with zero attached hydrogens (tertiary/aromatic N) is 3. The SMILES string of the molecule is CN(C)S(=O)(=O)n1cc(C(O)c2cccs2)nc1[Si](C)(C)C(C)(C)C. The van der Waals surface area contributed by atoms with Crippen LogP contribution in [0, 0.1) is 0 Å². The number of aromatic nitrogens is 2. The number of aliphatic hydroxyl groups excluding tert-OH is 1. The molecule has 25 heavy (non-hydrogen) atoms. The van der Waals surface area contributed by atoms with E-state index < -0.39 is 24.4 Å². The molecule has 0 saturated carbocycles. The summed E-state index contributed by atoms with van der Waals surface area (Å²) < 4.78 is 28.1. The van der Waals surface area contributed by atoms with Crippen LogP contribution in [0.25, 0.3) is 0 Å². The Morgan fingerprint density at radius 3 is 2.36 bits per heavy atom. The summed E-state index contributed by atoms with van der Waals surface area (Å²) in [5, 5.41) is 12.4. The van der Waals surface area contributed by atoms with Crippen LogP contribution in [0.2, 0.25) is 18.1 Å². The summed E-state index contributed by atoms with van der Waals surface area (Å²) in [5.41, 5.74) is 0.923. The van der Waals surface area contributed by atoms with Gasteiger partial charge in [0.25, 0.3) is 0 Å². The van der Waals surface area contributed by atoms with Crippen molar-refractivity contribution in [1.29, 1.82) is 0 Å². The zero-order valence-electron chi connectivity index (χ0n) is 15.8. The molecule has 0 bridgehead atoms. The summed E-state index contributed by atoms with van der Waals surface area (Å²) in [6.07, 6.45) is 0.539. The predicted octanol–water partition coefficient (Wildman–Crippen LogP) is 2.40. The zero-order valence-corrected chi connectivity index (χ0v) is 18.4. The summed E-state index contributed by atoms with van der Waals surface area (Å²) in [5.74, 6) is 0. The molecule has 0 aliphatic rings. The quantitative estimate of drug-likeness (QED) is 0.781. The highest BCUT2D eigenvalue weighted by Gasteiger charge is 2.43. The molecule has 140 valence electrons. The van der Waals surface area contributed by atoms with Crippen LogP contribution in [0.3, 0.4) is 0 Å². The van der Waals surface area contributed by atoms with Gasteiger partial charge in [-0.2, -0.15) is 12.7 Å².